The molecule has 0 saturated carbocycles. The van der Waals surface area contributed by atoms with Crippen LogP contribution in [0.5, 0.6) is 5.75 Å². The van der Waals surface area contributed by atoms with Crippen molar-refractivity contribution in [2.24, 2.45) is 17.6 Å². The standard InChI is InChI=1S/C29H46N4O4/c1-20-4-10-33(11-5-20)29(36)37-26(18-24-16-21(2)27(34)22(3)17-24)28(35)32-14-8-25(9-15-32)31-12-6-23(19-30)7-13-31/h16-17,20,23,25-26,34H,4-15,18-19,30H2,1-3H3/t26-/m1/s1. The van der Waals surface area contributed by atoms with Crippen LogP contribution in [-0.4, -0.2) is 89.8 Å². The maximum atomic E-state index is 13.7. The van der Waals surface area contributed by atoms with E-state index >= 15 is 0 Å². The molecule has 3 aliphatic heterocycles. The molecule has 3 saturated heterocycles. The highest BCUT2D eigenvalue weighted by molar-refractivity contribution is 5.84. The van der Waals surface area contributed by atoms with Gasteiger partial charge in [-0.3, -0.25) is 4.79 Å². The van der Waals surface area contributed by atoms with Crippen molar-refractivity contribution in [1.29, 1.82) is 0 Å². The largest absolute Gasteiger partial charge is 0.507 e. The van der Waals surface area contributed by atoms with Crippen LogP contribution in [0.4, 0.5) is 4.79 Å². The Bertz CT molecular complexity index is 907. The molecule has 206 valence electrons. The Balaban J connectivity index is 1.41. The van der Waals surface area contributed by atoms with Gasteiger partial charge in [0.25, 0.3) is 5.91 Å². The lowest BCUT2D eigenvalue weighted by atomic mass is 9.93. The van der Waals surface area contributed by atoms with Gasteiger partial charge in [0.05, 0.1) is 0 Å². The maximum Gasteiger partial charge on any atom is 0.410 e. The van der Waals surface area contributed by atoms with Crippen molar-refractivity contribution >= 4 is 12.0 Å². The molecule has 2 amide bonds. The van der Waals surface area contributed by atoms with Gasteiger partial charge in [0.2, 0.25) is 0 Å². The zero-order valence-electron chi connectivity index (χ0n) is 23.0. The van der Waals surface area contributed by atoms with E-state index in [9.17, 15) is 14.7 Å². The normalized spacial score (nSPS) is 21.7. The Kier molecular flexibility index (Phi) is 9.35. The van der Waals surface area contributed by atoms with Gasteiger partial charge < -0.3 is 30.3 Å². The first-order valence-electron chi connectivity index (χ1n) is 14.2. The summed E-state index contributed by atoms with van der Waals surface area (Å²) >= 11 is 0. The van der Waals surface area contributed by atoms with E-state index in [1.54, 1.807) is 4.90 Å². The summed E-state index contributed by atoms with van der Waals surface area (Å²) in [6, 6.07) is 4.27. The average molecular weight is 515 g/mol. The van der Waals surface area contributed by atoms with Crippen LogP contribution in [0.2, 0.25) is 0 Å². The van der Waals surface area contributed by atoms with Gasteiger partial charge in [-0.1, -0.05) is 19.1 Å². The molecule has 0 unspecified atom stereocenters. The molecule has 1 atom stereocenters. The first-order chi connectivity index (χ1) is 17.7. The predicted molar refractivity (Wildman–Crippen MR) is 144 cm³/mol. The summed E-state index contributed by atoms with van der Waals surface area (Å²) in [4.78, 5) is 33.0. The second kappa shape index (κ2) is 12.5. The SMILES string of the molecule is Cc1cc(C[C@@H](OC(=O)N2CCC(C)CC2)C(=O)N2CCC(N3CCC(CN)CC3)CC2)cc(C)c1O. The lowest BCUT2D eigenvalue weighted by Crippen LogP contribution is -2.52. The van der Waals surface area contributed by atoms with Gasteiger partial charge in [0.15, 0.2) is 6.10 Å². The number of amides is 2. The number of phenols is 1. The van der Waals surface area contributed by atoms with Gasteiger partial charge in [-0.2, -0.15) is 0 Å². The van der Waals surface area contributed by atoms with Crippen LogP contribution < -0.4 is 5.73 Å². The zero-order chi connectivity index (χ0) is 26.5. The van der Waals surface area contributed by atoms with E-state index < -0.39 is 12.2 Å². The molecule has 3 fully saturated rings. The van der Waals surface area contributed by atoms with Crippen LogP contribution in [0.3, 0.4) is 0 Å². The molecule has 3 aliphatic rings. The number of nitrogens with zero attached hydrogens (tertiary/aromatic N) is 3. The van der Waals surface area contributed by atoms with Crippen molar-refractivity contribution in [3.63, 3.8) is 0 Å². The molecule has 37 heavy (non-hydrogen) atoms. The molecule has 0 radical (unpaired) electrons. The van der Waals surface area contributed by atoms with Crippen molar-refractivity contribution in [1.82, 2.24) is 14.7 Å². The number of benzene rings is 1. The van der Waals surface area contributed by atoms with Crippen molar-refractivity contribution < 1.29 is 19.4 Å². The Hall–Kier alpha value is -2.32. The fourth-order valence-corrected chi connectivity index (χ4v) is 6.15. The minimum absolute atomic E-state index is 0.109. The third-order valence-corrected chi connectivity index (χ3v) is 8.81. The van der Waals surface area contributed by atoms with Gasteiger partial charge >= 0.3 is 6.09 Å². The van der Waals surface area contributed by atoms with Crippen LogP contribution >= 0.6 is 0 Å². The first kappa shape index (κ1) is 27.7. The fourth-order valence-electron chi connectivity index (χ4n) is 6.15. The van der Waals surface area contributed by atoms with Crippen LogP contribution in [-0.2, 0) is 16.0 Å². The van der Waals surface area contributed by atoms with E-state index in [4.69, 9.17) is 10.5 Å². The van der Waals surface area contributed by atoms with Gasteiger partial charge in [-0.25, -0.2) is 4.79 Å². The first-order valence-corrected chi connectivity index (χ1v) is 14.2. The second-order valence-electron chi connectivity index (χ2n) is 11.6. The molecule has 1 aromatic rings. The van der Waals surface area contributed by atoms with Crippen molar-refractivity contribution in [2.75, 3.05) is 45.8 Å². The Morgan fingerprint density at radius 3 is 2.08 bits per heavy atom. The van der Waals surface area contributed by atoms with E-state index in [-0.39, 0.29) is 11.7 Å². The number of ether oxygens (including phenoxy) is 1. The minimum Gasteiger partial charge on any atom is -0.507 e. The summed E-state index contributed by atoms with van der Waals surface area (Å²) in [7, 11) is 0. The van der Waals surface area contributed by atoms with Gasteiger partial charge in [-0.15, -0.1) is 0 Å². The molecule has 0 bridgehead atoms. The number of aryl methyl sites for hydroxylation is 2. The quantitative estimate of drug-likeness (QED) is 0.603. The van der Waals surface area contributed by atoms with E-state index in [0.29, 0.717) is 50.5 Å². The van der Waals surface area contributed by atoms with Crippen molar-refractivity contribution in [3.05, 3.63) is 28.8 Å². The second-order valence-corrected chi connectivity index (χ2v) is 11.6. The van der Waals surface area contributed by atoms with Crippen molar-refractivity contribution in [2.45, 2.75) is 77.9 Å². The lowest BCUT2D eigenvalue weighted by molar-refractivity contribution is -0.142. The topological polar surface area (TPSA) is 99.3 Å². The zero-order valence-corrected chi connectivity index (χ0v) is 23.0. The van der Waals surface area contributed by atoms with Crippen LogP contribution in [0, 0.1) is 25.7 Å². The number of likely N-dealkylation sites (tertiary alicyclic amines) is 3. The molecule has 0 aromatic heterocycles. The van der Waals surface area contributed by atoms with Crippen LogP contribution in [0.1, 0.15) is 62.1 Å². The summed E-state index contributed by atoms with van der Waals surface area (Å²) in [5.41, 5.74) is 8.27. The molecule has 8 nitrogen and oxygen atoms in total. The molecular formula is C29H46N4O4. The number of rotatable bonds is 6. The molecule has 0 spiro atoms. The summed E-state index contributed by atoms with van der Waals surface area (Å²) in [6.07, 6.45) is 5.18. The molecule has 0 aliphatic carbocycles. The highest BCUT2D eigenvalue weighted by atomic mass is 16.6. The van der Waals surface area contributed by atoms with E-state index in [2.05, 4.69) is 11.8 Å². The number of aromatic hydroxyl groups is 1. The molecular weight excluding hydrogens is 468 g/mol. The summed E-state index contributed by atoms with van der Waals surface area (Å²) < 4.78 is 5.93. The molecule has 3 N–H and O–H groups in total. The van der Waals surface area contributed by atoms with E-state index in [0.717, 1.165) is 74.8 Å². The third kappa shape index (κ3) is 6.96. The van der Waals surface area contributed by atoms with Gasteiger partial charge in [0.1, 0.15) is 5.75 Å². The monoisotopic (exact) mass is 514 g/mol. The highest BCUT2D eigenvalue weighted by Gasteiger charge is 2.35. The summed E-state index contributed by atoms with van der Waals surface area (Å²) in [6.45, 7) is 11.6. The number of nitrogens with two attached hydrogens (primary N) is 1. The summed E-state index contributed by atoms with van der Waals surface area (Å²) in [5.74, 6) is 1.40. The Labute approximate surface area is 222 Å². The average Bonchev–Trinajstić information content (AvgIpc) is 2.91. The van der Waals surface area contributed by atoms with Gasteiger partial charge in [0, 0.05) is 38.6 Å². The van der Waals surface area contributed by atoms with Gasteiger partial charge in [-0.05, 0) is 101 Å². The molecule has 4 rings (SSSR count). The highest BCUT2D eigenvalue weighted by Crippen LogP contribution is 2.27. The number of piperidine rings is 3. The van der Waals surface area contributed by atoms with Crippen LogP contribution in [0.15, 0.2) is 12.1 Å². The Morgan fingerprint density at radius 2 is 1.51 bits per heavy atom. The lowest BCUT2D eigenvalue weighted by Gasteiger charge is -2.42. The maximum absolute atomic E-state index is 13.7. The van der Waals surface area contributed by atoms with E-state index in [1.165, 1.54) is 0 Å². The van der Waals surface area contributed by atoms with E-state index in [1.807, 2.05) is 30.9 Å². The molecule has 1 aromatic carbocycles. The Morgan fingerprint density at radius 1 is 0.946 bits per heavy atom. The number of hydrogen-bond acceptors (Lipinski definition) is 6. The smallest absolute Gasteiger partial charge is 0.410 e. The third-order valence-electron chi connectivity index (χ3n) is 8.81. The molecule has 3 heterocycles. The summed E-state index contributed by atoms with van der Waals surface area (Å²) in [5, 5.41) is 10.2. The minimum atomic E-state index is -0.868. The molecule has 8 heteroatoms. The van der Waals surface area contributed by atoms with Crippen LogP contribution in [0.25, 0.3) is 0 Å². The number of phenolic OH excluding ortho intramolecular Hbond substituents is 1. The fraction of sp³-hybridized carbons (Fsp3) is 0.724. The number of carbonyl (C=O) groups excluding carboxylic acids is 2. The predicted octanol–water partition coefficient (Wildman–Crippen LogP) is 3.45. The van der Waals surface area contributed by atoms with Crippen molar-refractivity contribution in [3.8, 4) is 5.75 Å². The number of hydrogen-bond donors (Lipinski definition) is 2. The number of carbonyl (C=O) groups is 2.